The van der Waals surface area contributed by atoms with E-state index in [4.69, 9.17) is 4.74 Å². The number of rotatable bonds is 6. The standard InChI is InChI=1S/C24H34N2O3S/c1-23(2,3)15-20(27)25-22-21(19-10-7-13-30-19)26(12-11-24(22,4)28)16-17-8-6-9-18(14-17)29-5/h6-10,13-14,21-22,28H,11-12,15-16H2,1-5H3,(H,25,27)/t21-,22-,24+/m0/s1. The van der Waals surface area contributed by atoms with Crippen LogP contribution in [-0.2, 0) is 11.3 Å². The van der Waals surface area contributed by atoms with Gasteiger partial charge in [0.2, 0.25) is 5.91 Å². The van der Waals surface area contributed by atoms with Gasteiger partial charge < -0.3 is 15.2 Å². The minimum absolute atomic E-state index is 0.0161. The van der Waals surface area contributed by atoms with Crippen LogP contribution in [0.5, 0.6) is 5.75 Å². The summed E-state index contributed by atoms with van der Waals surface area (Å²) in [6, 6.07) is 11.7. The molecule has 1 aromatic heterocycles. The van der Waals surface area contributed by atoms with Crippen molar-refractivity contribution in [2.45, 2.75) is 64.8 Å². The van der Waals surface area contributed by atoms with Crippen LogP contribution in [0.4, 0.5) is 0 Å². The lowest BCUT2D eigenvalue weighted by Crippen LogP contribution is -2.62. The van der Waals surface area contributed by atoms with Crippen molar-refractivity contribution in [2.24, 2.45) is 5.41 Å². The number of amides is 1. The van der Waals surface area contributed by atoms with Gasteiger partial charge in [0.25, 0.3) is 0 Å². The fraction of sp³-hybridized carbons (Fsp3) is 0.542. The Morgan fingerprint density at radius 1 is 1.33 bits per heavy atom. The van der Waals surface area contributed by atoms with Gasteiger partial charge in [-0.15, -0.1) is 11.3 Å². The lowest BCUT2D eigenvalue weighted by atomic mass is 9.81. The van der Waals surface area contributed by atoms with E-state index in [1.807, 2.05) is 31.2 Å². The predicted molar refractivity (Wildman–Crippen MR) is 122 cm³/mol. The largest absolute Gasteiger partial charge is 0.497 e. The molecule has 5 nitrogen and oxygen atoms in total. The number of aliphatic hydroxyl groups is 1. The Bertz CT molecular complexity index is 842. The van der Waals surface area contributed by atoms with Crippen LogP contribution < -0.4 is 10.1 Å². The van der Waals surface area contributed by atoms with Crippen molar-refractivity contribution < 1.29 is 14.6 Å². The van der Waals surface area contributed by atoms with Crippen LogP contribution >= 0.6 is 11.3 Å². The molecule has 0 unspecified atom stereocenters. The Labute approximate surface area is 184 Å². The summed E-state index contributed by atoms with van der Waals surface area (Å²) in [4.78, 5) is 16.3. The van der Waals surface area contributed by atoms with E-state index in [1.165, 1.54) is 0 Å². The molecule has 2 heterocycles. The fourth-order valence-electron chi connectivity index (χ4n) is 4.14. The molecule has 0 spiro atoms. The zero-order chi connectivity index (χ0) is 21.9. The van der Waals surface area contributed by atoms with Crippen LogP contribution in [0.3, 0.4) is 0 Å². The molecule has 1 saturated heterocycles. The molecule has 0 saturated carbocycles. The molecule has 0 aliphatic carbocycles. The van der Waals surface area contributed by atoms with Crippen molar-refractivity contribution >= 4 is 17.2 Å². The number of nitrogens with one attached hydrogen (secondary N) is 1. The van der Waals surface area contributed by atoms with E-state index in [9.17, 15) is 9.90 Å². The first-order valence-electron chi connectivity index (χ1n) is 10.5. The molecule has 6 heteroatoms. The second-order valence-electron chi connectivity index (χ2n) is 9.67. The van der Waals surface area contributed by atoms with Gasteiger partial charge in [0.1, 0.15) is 5.75 Å². The third kappa shape index (κ3) is 5.62. The first-order valence-corrected chi connectivity index (χ1v) is 11.4. The smallest absolute Gasteiger partial charge is 0.220 e. The van der Waals surface area contributed by atoms with Crippen LogP contribution in [0.25, 0.3) is 0 Å². The molecule has 1 amide bonds. The highest BCUT2D eigenvalue weighted by atomic mass is 32.1. The molecule has 3 rings (SSSR count). The van der Waals surface area contributed by atoms with Crippen molar-refractivity contribution in [1.29, 1.82) is 0 Å². The third-order valence-electron chi connectivity index (χ3n) is 5.65. The maximum Gasteiger partial charge on any atom is 0.220 e. The van der Waals surface area contributed by atoms with Gasteiger partial charge in [-0.3, -0.25) is 9.69 Å². The number of hydrogen-bond acceptors (Lipinski definition) is 5. The number of thiophene rings is 1. The molecule has 2 N–H and O–H groups in total. The number of ether oxygens (including phenoxy) is 1. The van der Waals surface area contributed by atoms with Gasteiger partial charge in [-0.05, 0) is 47.9 Å². The summed E-state index contributed by atoms with van der Waals surface area (Å²) in [5.74, 6) is 0.816. The summed E-state index contributed by atoms with van der Waals surface area (Å²) >= 11 is 1.67. The van der Waals surface area contributed by atoms with Gasteiger partial charge in [0.05, 0.1) is 24.8 Å². The van der Waals surface area contributed by atoms with Crippen LogP contribution in [0, 0.1) is 5.41 Å². The fourth-order valence-corrected chi connectivity index (χ4v) is 5.04. The van der Waals surface area contributed by atoms with E-state index < -0.39 is 5.60 Å². The molecular weight excluding hydrogens is 396 g/mol. The maximum atomic E-state index is 12.8. The molecule has 3 atom stereocenters. The van der Waals surface area contributed by atoms with Gasteiger partial charge in [-0.1, -0.05) is 39.0 Å². The summed E-state index contributed by atoms with van der Waals surface area (Å²) in [6.45, 7) is 9.48. The summed E-state index contributed by atoms with van der Waals surface area (Å²) < 4.78 is 5.38. The van der Waals surface area contributed by atoms with E-state index in [1.54, 1.807) is 18.4 Å². The molecule has 164 valence electrons. The lowest BCUT2D eigenvalue weighted by molar-refractivity contribution is -0.130. The molecule has 1 aliphatic heterocycles. The number of likely N-dealkylation sites (tertiary alicyclic amines) is 1. The quantitative estimate of drug-likeness (QED) is 0.714. The van der Waals surface area contributed by atoms with E-state index in [0.717, 1.165) is 29.3 Å². The van der Waals surface area contributed by atoms with E-state index in [2.05, 4.69) is 48.5 Å². The summed E-state index contributed by atoms with van der Waals surface area (Å²) in [5, 5.41) is 16.5. The van der Waals surface area contributed by atoms with Crippen LogP contribution in [0.1, 0.15) is 57.0 Å². The number of benzene rings is 1. The van der Waals surface area contributed by atoms with Crippen molar-refractivity contribution in [3.8, 4) is 5.75 Å². The second-order valence-corrected chi connectivity index (χ2v) is 10.7. The number of methoxy groups -OCH3 is 1. The normalized spacial score (nSPS) is 25.1. The minimum atomic E-state index is -0.979. The van der Waals surface area contributed by atoms with Crippen LogP contribution in [0.15, 0.2) is 41.8 Å². The Morgan fingerprint density at radius 2 is 2.10 bits per heavy atom. The van der Waals surface area contributed by atoms with Crippen molar-refractivity contribution in [3.63, 3.8) is 0 Å². The van der Waals surface area contributed by atoms with E-state index in [0.29, 0.717) is 12.8 Å². The highest BCUT2D eigenvalue weighted by molar-refractivity contribution is 7.10. The highest BCUT2D eigenvalue weighted by Crippen LogP contribution is 2.40. The SMILES string of the molecule is COc1cccc(CN2CC[C@@](C)(O)[C@@H](NC(=O)CC(C)(C)C)[C@@H]2c2cccs2)c1. The number of piperidine rings is 1. The van der Waals surface area contributed by atoms with Crippen molar-refractivity contribution in [3.05, 3.63) is 52.2 Å². The third-order valence-corrected chi connectivity index (χ3v) is 6.59. The Morgan fingerprint density at radius 3 is 2.73 bits per heavy atom. The Hall–Kier alpha value is -1.89. The van der Waals surface area contributed by atoms with Crippen molar-refractivity contribution in [1.82, 2.24) is 10.2 Å². The number of carbonyl (C=O) groups is 1. The second kappa shape index (κ2) is 9.08. The molecule has 0 radical (unpaired) electrons. The van der Waals surface area contributed by atoms with Gasteiger partial charge >= 0.3 is 0 Å². The molecule has 1 aliphatic rings. The monoisotopic (exact) mass is 430 g/mol. The molecule has 1 aromatic carbocycles. The summed E-state index contributed by atoms with van der Waals surface area (Å²) in [5.41, 5.74) is 0.0633. The highest BCUT2D eigenvalue weighted by Gasteiger charge is 2.46. The lowest BCUT2D eigenvalue weighted by Gasteiger charge is -2.49. The molecular formula is C24H34N2O3S. The first-order chi connectivity index (χ1) is 14.1. The van der Waals surface area contributed by atoms with Gasteiger partial charge in [-0.25, -0.2) is 0 Å². The zero-order valence-corrected chi connectivity index (χ0v) is 19.5. The average molecular weight is 431 g/mol. The first kappa shape index (κ1) is 22.8. The topological polar surface area (TPSA) is 61.8 Å². The predicted octanol–water partition coefficient (Wildman–Crippen LogP) is 4.38. The van der Waals surface area contributed by atoms with Crippen LogP contribution in [-0.4, -0.2) is 41.2 Å². The maximum absolute atomic E-state index is 12.8. The van der Waals surface area contributed by atoms with Crippen molar-refractivity contribution in [2.75, 3.05) is 13.7 Å². The number of nitrogens with zero attached hydrogens (tertiary/aromatic N) is 1. The minimum Gasteiger partial charge on any atom is -0.497 e. The molecule has 30 heavy (non-hydrogen) atoms. The Kier molecular flexibility index (Phi) is 6.90. The summed E-state index contributed by atoms with van der Waals surface area (Å²) in [7, 11) is 1.67. The van der Waals surface area contributed by atoms with E-state index in [-0.39, 0.29) is 23.4 Å². The van der Waals surface area contributed by atoms with Gasteiger partial charge in [0, 0.05) is 24.4 Å². The molecule has 2 aromatic rings. The Balaban J connectivity index is 1.90. The van der Waals surface area contributed by atoms with E-state index >= 15 is 0 Å². The molecule has 0 bridgehead atoms. The summed E-state index contributed by atoms with van der Waals surface area (Å²) in [6.07, 6.45) is 1.02. The number of hydrogen-bond donors (Lipinski definition) is 2. The number of carbonyl (C=O) groups excluding carboxylic acids is 1. The average Bonchev–Trinajstić information content (AvgIpc) is 3.17. The molecule has 1 fully saturated rings. The van der Waals surface area contributed by atoms with Crippen LogP contribution in [0.2, 0.25) is 0 Å². The zero-order valence-electron chi connectivity index (χ0n) is 18.6. The van der Waals surface area contributed by atoms with Gasteiger partial charge in [-0.2, -0.15) is 0 Å². The van der Waals surface area contributed by atoms with Gasteiger partial charge in [0.15, 0.2) is 0 Å².